The van der Waals surface area contributed by atoms with Crippen molar-refractivity contribution >= 4 is 21.7 Å². The molecule has 0 atom stereocenters. The molecule has 0 spiro atoms. The Balaban J connectivity index is 1.70. The Bertz CT molecular complexity index is 1030. The van der Waals surface area contributed by atoms with E-state index >= 15 is 0 Å². The summed E-state index contributed by atoms with van der Waals surface area (Å²) in [6.07, 6.45) is 0.230. The summed E-state index contributed by atoms with van der Waals surface area (Å²) in [5.41, 5.74) is 2.31. The summed E-state index contributed by atoms with van der Waals surface area (Å²) in [6.45, 7) is 1.87. The Morgan fingerprint density at radius 1 is 0.926 bits per heavy atom. The Kier molecular flexibility index (Phi) is 5.57. The molecule has 0 saturated carbocycles. The van der Waals surface area contributed by atoms with Gasteiger partial charge in [-0.1, -0.05) is 54.1 Å². The van der Waals surface area contributed by atoms with Crippen LogP contribution in [0, 0.1) is 6.92 Å². The fourth-order valence-electron chi connectivity index (χ4n) is 2.49. The highest BCUT2D eigenvalue weighted by Crippen LogP contribution is 2.22. The molecule has 3 aromatic rings. The molecule has 138 valence electrons. The summed E-state index contributed by atoms with van der Waals surface area (Å²) in [5, 5.41) is 2.75. The third-order valence-corrected chi connectivity index (χ3v) is 5.10. The van der Waals surface area contributed by atoms with Crippen molar-refractivity contribution in [3.05, 3.63) is 90.0 Å². The molecule has 27 heavy (non-hydrogen) atoms. The molecular weight excluding hydrogens is 362 g/mol. The van der Waals surface area contributed by atoms with E-state index in [1.165, 1.54) is 24.3 Å². The summed E-state index contributed by atoms with van der Waals surface area (Å²) in [7, 11) is -3.94. The minimum Gasteiger partial charge on any atom is -0.379 e. The van der Waals surface area contributed by atoms with E-state index in [0.717, 1.165) is 11.1 Å². The molecule has 0 heterocycles. The van der Waals surface area contributed by atoms with Crippen molar-refractivity contribution in [1.82, 2.24) is 0 Å². The van der Waals surface area contributed by atoms with Crippen LogP contribution in [-0.2, 0) is 21.3 Å². The van der Waals surface area contributed by atoms with Gasteiger partial charge in [-0.3, -0.25) is 4.79 Å². The molecule has 1 amide bonds. The number of carbonyl (C=O) groups excluding carboxylic acids is 1. The van der Waals surface area contributed by atoms with Gasteiger partial charge >= 0.3 is 10.1 Å². The van der Waals surface area contributed by atoms with E-state index in [4.69, 9.17) is 4.18 Å². The molecule has 1 N–H and O–H groups in total. The first kappa shape index (κ1) is 18.7. The largest absolute Gasteiger partial charge is 0.379 e. The van der Waals surface area contributed by atoms with Gasteiger partial charge in [-0.2, -0.15) is 8.42 Å². The van der Waals surface area contributed by atoms with E-state index in [0.29, 0.717) is 5.69 Å². The quantitative estimate of drug-likeness (QED) is 0.657. The monoisotopic (exact) mass is 381 g/mol. The number of hydrogen-bond donors (Lipinski definition) is 1. The van der Waals surface area contributed by atoms with Crippen LogP contribution in [-0.4, -0.2) is 14.3 Å². The van der Waals surface area contributed by atoms with Crippen LogP contribution < -0.4 is 9.50 Å². The summed E-state index contributed by atoms with van der Waals surface area (Å²) in [6, 6.07) is 22.1. The topological polar surface area (TPSA) is 72.5 Å². The van der Waals surface area contributed by atoms with E-state index in [1.807, 2.05) is 37.3 Å². The number of hydrogen-bond acceptors (Lipinski definition) is 4. The number of nitrogens with one attached hydrogen (secondary N) is 1. The summed E-state index contributed by atoms with van der Waals surface area (Å²) in [4.78, 5) is 12.2. The molecule has 0 aromatic heterocycles. The van der Waals surface area contributed by atoms with Crippen LogP contribution >= 0.6 is 0 Å². The molecule has 0 saturated heterocycles. The molecular formula is C21H19NO4S. The second kappa shape index (κ2) is 8.05. The lowest BCUT2D eigenvalue weighted by Gasteiger charge is -2.10. The molecule has 0 aliphatic carbocycles. The van der Waals surface area contributed by atoms with E-state index in [2.05, 4.69) is 5.32 Å². The number of benzene rings is 3. The molecule has 5 nitrogen and oxygen atoms in total. The number of carbonyl (C=O) groups is 1. The zero-order valence-corrected chi connectivity index (χ0v) is 15.6. The van der Waals surface area contributed by atoms with E-state index in [1.54, 1.807) is 24.3 Å². The standard InChI is InChI=1S/C21H19NO4S/c1-16-10-12-20(13-11-16)27(24,25)26-19-9-5-8-18(15-19)22-21(23)14-17-6-3-2-4-7-17/h2-13,15H,14H2,1H3,(H,22,23). The molecule has 0 bridgehead atoms. The molecule has 6 heteroatoms. The molecule has 0 aliphatic heterocycles. The number of rotatable bonds is 6. The first-order valence-corrected chi connectivity index (χ1v) is 9.78. The van der Waals surface area contributed by atoms with Crippen LogP contribution in [0.15, 0.2) is 83.8 Å². The summed E-state index contributed by atoms with van der Waals surface area (Å²) in [5.74, 6) is -0.0622. The first-order valence-electron chi connectivity index (χ1n) is 8.37. The Morgan fingerprint density at radius 3 is 2.33 bits per heavy atom. The zero-order valence-electron chi connectivity index (χ0n) is 14.8. The molecule has 0 radical (unpaired) electrons. The molecule has 0 fully saturated rings. The van der Waals surface area contributed by atoms with Crippen molar-refractivity contribution in [2.45, 2.75) is 18.2 Å². The van der Waals surface area contributed by atoms with Crippen LogP contribution in [0.4, 0.5) is 5.69 Å². The van der Waals surface area contributed by atoms with Gasteiger partial charge in [0, 0.05) is 11.8 Å². The van der Waals surface area contributed by atoms with E-state index in [-0.39, 0.29) is 23.0 Å². The van der Waals surface area contributed by atoms with Crippen LogP contribution in [0.1, 0.15) is 11.1 Å². The van der Waals surface area contributed by atoms with Crippen LogP contribution in [0.2, 0.25) is 0 Å². The fourth-order valence-corrected chi connectivity index (χ4v) is 3.41. The molecule has 0 unspecified atom stereocenters. The lowest BCUT2D eigenvalue weighted by molar-refractivity contribution is -0.115. The van der Waals surface area contributed by atoms with Crippen molar-refractivity contribution in [2.75, 3.05) is 5.32 Å². The van der Waals surface area contributed by atoms with Crippen molar-refractivity contribution in [2.24, 2.45) is 0 Å². The third kappa shape index (κ3) is 5.18. The highest BCUT2D eigenvalue weighted by Gasteiger charge is 2.16. The lowest BCUT2D eigenvalue weighted by atomic mass is 10.1. The number of aryl methyl sites for hydroxylation is 1. The van der Waals surface area contributed by atoms with Crippen molar-refractivity contribution in [3.63, 3.8) is 0 Å². The van der Waals surface area contributed by atoms with Gasteiger partial charge in [0.15, 0.2) is 0 Å². The Hall–Kier alpha value is -3.12. The SMILES string of the molecule is Cc1ccc(S(=O)(=O)Oc2cccc(NC(=O)Cc3ccccc3)c2)cc1. The van der Waals surface area contributed by atoms with E-state index < -0.39 is 10.1 Å². The molecule has 0 aliphatic rings. The van der Waals surface area contributed by atoms with Gasteiger partial charge in [-0.25, -0.2) is 0 Å². The van der Waals surface area contributed by atoms with Gasteiger partial charge in [0.1, 0.15) is 10.6 Å². The van der Waals surface area contributed by atoms with Gasteiger partial charge in [-0.05, 0) is 36.8 Å². The van der Waals surface area contributed by atoms with Gasteiger partial charge in [-0.15, -0.1) is 0 Å². The molecule has 3 rings (SSSR count). The van der Waals surface area contributed by atoms with Gasteiger partial charge < -0.3 is 9.50 Å². The average Bonchev–Trinajstić information content (AvgIpc) is 2.62. The number of anilines is 1. The Morgan fingerprint density at radius 2 is 1.63 bits per heavy atom. The smallest absolute Gasteiger partial charge is 0.339 e. The van der Waals surface area contributed by atoms with Crippen molar-refractivity contribution < 1.29 is 17.4 Å². The maximum atomic E-state index is 12.4. The zero-order chi connectivity index (χ0) is 19.3. The second-order valence-corrected chi connectivity index (χ2v) is 7.64. The highest BCUT2D eigenvalue weighted by molar-refractivity contribution is 7.87. The van der Waals surface area contributed by atoms with Crippen LogP contribution in [0.25, 0.3) is 0 Å². The van der Waals surface area contributed by atoms with Crippen LogP contribution in [0.5, 0.6) is 5.75 Å². The second-order valence-electron chi connectivity index (χ2n) is 6.09. The highest BCUT2D eigenvalue weighted by atomic mass is 32.2. The fraction of sp³-hybridized carbons (Fsp3) is 0.0952. The van der Waals surface area contributed by atoms with Crippen molar-refractivity contribution in [3.8, 4) is 5.75 Å². The maximum Gasteiger partial charge on any atom is 0.339 e. The van der Waals surface area contributed by atoms with Gasteiger partial charge in [0.05, 0.1) is 6.42 Å². The van der Waals surface area contributed by atoms with Crippen LogP contribution in [0.3, 0.4) is 0 Å². The summed E-state index contributed by atoms with van der Waals surface area (Å²) >= 11 is 0. The van der Waals surface area contributed by atoms with Gasteiger partial charge in [0.25, 0.3) is 0 Å². The molecule has 3 aromatic carbocycles. The minimum absolute atomic E-state index is 0.0756. The Labute approximate surface area is 158 Å². The van der Waals surface area contributed by atoms with Gasteiger partial charge in [0.2, 0.25) is 5.91 Å². The predicted molar refractivity (Wildman–Crippen MR) is 104 cm³/mol. The van der Waals surface area contributed by atoms with Crippen molar-refractivity contribution in [1.29, 1.82) is 0 Å². The van der Waals surface area contributed by atoms with E-state index in [9.17, 15) is 13.2 Å². The number of amides is 1. The third-order valence-electron chi connectivity index (χ3n) is 3.84. The summed E-state index contributed by atoms with van der Waals surface area (Å²) < 4.78 is 29.9. The normalized spacial score (nSPS) is 11.0. The average molecular weight is 381 g/mol. The minimum atomic E-state index is -3.94. The maximum absolute atomic E-state index is 12.4. The lowest BCUT2D eigenvalue weighted by Crippen LogP contribution is -2.14. The predicted octanol–water partition coefficient (Wildman–Crippen LogP) is 3.94. The first-order chi connectivity index (χ1) is 12.9.